The molecule has 0 saturated carbocycles. The van der Waals surface area contributed by atoms with E-state index in [9.17, 15) is 4.79 Å². The van der Waals surface area contributed by atoms with E-state index in [0.29, 0.717) is 32.0 Å². The third-order valence-electron chi connectivity index (χ3n) is 5.04. The van der Waals surface area contributed by atoms with Gasteiger partial charge in [0.15, 0.2) is 5.82 Å². The number of benzene rings is 1. The van der Waals surface area contributed by atoms with E-state index >= 15 is 0 Å². The number of ether oxygens (including phenoxy) is 2. The Bertz CT molecular complexity index is 826. The van der Waals surface area contributed by atoms with Crippen LogP contribution < -0.4 is 9.64 Å². The van der Waals surface area contributed by atoms with Crippen LogP contribution in [-0.4, -0.2) is 60.2 Å². The van der Waals surface area contributed by atoms with Gasteiger partial charge in [-0.2, -0.15) is 4.98 Å². The van der Waals surface area contributed by atoms with E-state index in [1.165, 1.54) is 11.1 Å². The summed E-state index contributed by atoms with van der Waals surface area (Å²) >= 11 is 0. The van der Waals surface area contributed by atoms with Gasteiger partial charge in [0.25, 0.3) is 5.91 Å². The highest BCUT2D eigenvalue weighted by Gasteiger charge is 2.34. The number of carbonyl (C=O) groups excluding carboxylic acids is 1. The van der Waals surface area contributed by atoms with E-state index in [2.05, 4.69) is 22.1 Å². The van der Waals surface area contributed by atoms with Crippen LogP contribution in [0.1, 0.15) is 17.5 Å². The monoisotopic (exact) mass is 368 g/mol. The van der Waals surface area contributed by atoms with Gasteiger partial charge in [-0.15, -0.1) is 0 Å². The summed E-state index contributed by atoms with van der Waals surface area (Å²) in [4.78, 5) is 25.2. The molecule has 1 amide bonds. The zero-order valence-corrected chi connectivity index (χ0v) is 15.7. The van der Waals surface area contributed by atoms with Crippen molar-refractivity contribution in [2.75, 3.05) is 32.1 Å². The Kier molecular flexibility index (Phi) is 4.94. The Labute approximate surface area is 158 Å². The molecule has 0 radical (unpaired) electrons. The second-order valence-electron chi connectivity index (χ2n) is 7.20. The fourth-order valence-electron chi connectivity index (χ4n) is 3.51. The van der Waals surface area contributed by atoms with Crippen molar-refractivity contribution in [3.05, 3.63) is 47.8 Å². The summed E-state index contributed by atoms with van der Waals surface area (Å²) in [6, 6.07) is 8.14. The molecule has 1 aromatic carbocycles. The average molecular weight is 368 g/mol. The van der Waals surface area contributed by atoms with Gasteiger partial charge in [-0.1, -0.05) is 24.3 Å². The summed E-state index contributed by atoms with van der Waals surface area (Å²) in [6.45, 7) is 1.72. The number of hydrogen-bond donors (Lipinski definition) is 0. The molecule has 142 valence electrons. The highest BCUT2D eigenvalue weighted by Crippen LogP contribution is 2.24. The lowest BCUT2D eigenvalue weighted by Gasteiger charge is -2.28. The van der Waals surface area contributed by atoms with Crippen LogP contribution in [0.2, 0.25) is 0 Å². The Morgan fingerprint density at radius 1 is 1.26 bits per heavy atom. The predicted octanol–water partition coefficient (Wildman–Crippen LogP) is 1.66. The molecule has 7 nitrogen and oxygen atoms in total. The van der Waals surface area contributed by atoms with Gasteiger partial charge in [-0.25, -0.2) is 0 Å². The van der Waals surface area contributed by atoms with Crippen LogP contribution in [-0.2, 0) is 22.6 Å². The molecule has 2 atom stereocenters. The second-order valence-corrected chi connectivity index (χ2v) is 7.20. The Balaban J connectivity index is 1.36. The van der Waals surface area contributed by atoms with Crippen LogP contribution in [0.3, 0.4) is 0 Å². The number of fused-ring (bicyclic) bond motifs is 1. The van der Waals surface area contributed by atoms with E-state index in [0.717, 1.165) is 12.2 Å². The van der Waals surface area contributed by atoms with Crippen molar-refractivity contribution in [1.82, 2.24) is 14.9 Å². The molecular formula is C20H24N4O3. The van der Waals surface area contributed by atoms with Gasteiger partial charge in [0.1, 0.15) is 12.2 Å². The number of nitrogens with zero attached hydrogens (tertiary/aromatic N) is 4. The van der Waals surface area contributed by atoms with Gasteiger partial charge in [0, 0.05) is 33.5 Å². The van der Waals surface area contributed by atoms with E-state index < -0.39 is 6.10 Å². The van der Waals surface area contributed by atoms with E-state index in [4.69, 9.17) is 9.47 Å². The molecule has 0 N–H and O–H groups in total. The normalized spacial score (nSPS) is 21.6. The topological polar surface area (TPSA) is 67.8 Å². The fraction of sp³-hybridized carbons (Fsp3) is 0.450. The summed E-state index contributed by atoms with van der Waals surface area (Å²) < 4.78 is 11.8. The van der Waals surface area contributed by atoms with Crippen molar-refractivity contribution < 1.29 is 14.3 Å². The summed E-state index contributed by atoms with van der Waals surface area (Å²) in [5.41, 5.74) is 2.37. The first-order valence-electron chi connectivity index (χ1n) is 9.23. The third kappa shape index (κ3) is 3.88. The fourth-order valence-corrected chi connectivity index (χ4v) is 3.51. The van der Waals surface area contributed by atoms with Gasteiger partial charge in [-0.05, 0) is 11.1 Å². The van der Waals surface area contributed by atoms with Crippen LogP contribution >= 0.6 is 0 Å². The van der Waals surface area contributed by atoms with Crippen LogP contribution in [0.5, 0.6) is 5.88 Å². The van der Waals surface area contributed by atoms with E-state index in [1.807, 2.05) is 36.0 Å². The lowest BCUT2D eigenvalue weighted by molar-refractivity contribution is -0.144. The molecule has 3 heterocycles. The molecule has 1 aromatic heterocycles. The third-order valence-corrected chi connectivity index (χ3v) is 5.04. The standard InChI is InChI=1S/C20H24N4O3/c1-23(2)18-10-21-11-19(22-18)27-16-7-8-24(12-16)20(25)17-9-14-5-3-4-6-15(14)13-26-17/h3-6,10-11,16-17H,7-9,12-13H2,1-2H3. The number of anilines is 1. The second kappa shape index (κ2) is 7.52. The summed E-state index contributed by atoms with van der Waals surface area (Å²) in [7, 11) is 3.82. The molecule has 0 spiro atoms. The number of carbonyl (C=O) groups is 1. The molecule has 1 saturated heterocycles. The molecule has 0 bridgehead atoms. The Morgan fingerprint density at radius 2 is 2.07 bits per heavy atom. The molecule has 2 unspecified atom stereocenters. The van der Waals surface area contributed by atoms with Crippen LogP contribution in [0.4, 0.5) is 5.82 Å². The maximum atomic E-state index is 12.9. The van der Waals surface area contributed by atoms with Crippen molar-refractivity contribution in [3.63, 3.8) is 0 Å². The minimum absolute atomic E-state index is 0.0451. The summed E-state index contributed by atoms with van der Waals surface area (Å²) in [5.74, 6) is 1.28. The SMILES string of the molecule is CN(C)c1cncc(OC2CCN(C(=O)C3Cc4ccccc4CO3)C2)n1. The van der Waals surface area contributed by atoms with Gasteiger partial charge in [0.2, 0.25) is 5.88 Å². The molecular weight excluding hydrogens is 344 g/mol. The minimum atomic E-state index is -0.407. The van der Waals surface area contributed by atoms with E-state index in [-0.39, 0.29) is 12.0 Å². The van der Waals surface area contributed by atoms with Crippen molar-refractivity contribution >= 4 is 11.7 Å². The predicted molar refractivity (Wildman–Crippen MR) is 101 cm³/mol. The maximum Gasteiger partial charge on any atom is 0.252 e. The molecule has 1 fully saturated rings. The molecule has 4 rings (SSSR count). The first kappa shape index (κ1) is 17.7. The quantitative estimate of drug-likeness (QED) is 0.818. The van der Waals surface area contributed by atoms with Gasteiger partial charge in [0.05, 0.1) is 25.5 Å². The van der Waals surface area contributed by atoms with E-state index in [1.54, 1.807) is 12.4 Å². The zero-order chi connectivity index (χ0) is 18.8. The van der Waals surface area contributed by atoms with Crippen molar-refractivity contribution in [3.8, 4) is 5.88 Å². The zero-order valence-electron chi connectivity index (χ0n) is 15.7. The number of rotatable bonds is 4. The summed E-state index contributed by atoms with van der Waals surface area (Å²) in [5, 5.41) is 0. The average Bonchev–Trinajstić information content (AvgIpc) is 3.15. The smallest absolute Gasteiger partial charge is 0.252 e. The Hall–Kier alpha value is -2.67. The molecule has 2 aliphatic rings. The van der Waals surface area contributed by atoms with Gasteiger partial charge in [-0.3, -0.25) is 9.78 Å². The number of hydrogen-bond acceptors (Lipinski definition) is 6. The van der Waals surface area contributed by atoms with Gasteiger partial charge < -0.3 is 19.3 Å². The first-order valence-corrected chi connectivity index (χ1v) is 9.23. The van der Waals surface area contributed by atoms with Gasteiger partial charge >= 0.3 is 0 Å². The maximum absolute atomic E-state index is 12.9. The molecule has 7 heteroatoms. The molecule has 0 aliphatic carbocycles. The summed E-state index contributed by atoms with van der Waals surface area (Å²) in [6.07, 6.45) is 4.23. The molecule has 2 aromatic rings. The first-order chi connectivity index (χ1) is 13.1. The highest BCUT2D eigenvalue weighted by molar-refractivity contribution is 5.82. The highest BCUT2D eigenvalue weighted by atomic mass is 16.5. The van der Waals surface area contributed by atoms with Crippen molar-refractivity contribution in [1.29, 1.82) is 0 Å². The largest absolute Gasteiger partial charge is 0.471 e. The molecule has 2 aliphatic heterocycles. The van der Waals surface area contributed by atoms with Crippen LogP contribution in [0, 0.1) is 0 Å². The lowest BCUT2D eigenvalue weighted by Crippen LogP contribution is -2.42. The van der Waals surface area contributed by atoms with Crippen molar-refractivity contribution in [2.45, 2.75) is 31.7 Å². The van der Waals surface area contributed by atoms with Crippen molar-refractivity contribution in [2.24, 2.45) is 0 Å². The Morgan fingerprint density at radius 3 is 2.89 bits per heavy atom. The lowest BCUT2D eigenvalue weighted by atomic mass is 9.98. The van der Waals surface area contributed by atoms with Crippen LogP contribution in [0.15, 0.2) is 36.7 Å². The number of amides is 1. The minimum Gasteiger partial charge on any atom is -0.471 e. The number of likely N-dealkylation sites (tertiary alicyclic amines) is 1. The number of aromatic nitrogens is 2. The molecule has 27 heavy (non-hydrogen) atoms. The van der Waals surface area contributed by atoms with Crippen LogP contribution in [0.25, 0.3) is 0 Å².